The zero-order valence-corrected chi connectivity index (χ0v) is 11.4. The van der Waals surface area contributed by atoms with E-state index < -0.39 is 17.9 Å². The van der Waals surface area contributed by atoms with Gasteiger partial charge < -0.3 is 20.1 Å². The van der Waals surface area contributed by atoms with Crippen molar-refractivity contribution in [2.45, 2.75) is 6.04 Å². The van der Waals surface area contributed by atoms with Gasteiger partial charge in [0.1, 0.15) is 11.7 Å². The van der Waals surface area contributed by atoms with Crippen molar-refractivity contribution in [3.05, 3.63) is 29.6 Å². The zero-order chi connectivity index (χ0) is 15.4. The summed E-state index contributed by atoms with van der Waals surface area (Å²) < 4.78 is 5.22. The van der Waals surface area contributed by atoms with Gasteiger partial charge >= 0.3 is 5.97 Å². The summed E-state index contributed by atoms with van der Waals surface area (Å²) in [6, 6.07) is 1.93. The van der Waals surface area contributed by atoms with Crippen molar-refractivity contribution < 1.29 is 24.2 Å². The van der Waals surface area contributed by atoms with Gasteiger partial charge in [0.25, 0.3) is 5.91 Å². The molecule has 1 atom stereocenters. The largest absolute Gasteiger partial charge is 0.478 e. The minimum absolute atomic E-state index is 0.00335. The molecule has 0 bridgehead atoms. The summed E-state index contributed by atoms with van der Waals surface area (Å²) in [6.07, 6.45) is 1.12. The maximum Gasteiger partial charge on any atom is 0.337 e. The molecule has 1 saturated heterocycles. The fourth-order valence-electron chi connectivity index (χ4n) is 2.02. The van der Waals surface area contributed by atoms with Gasteiger partial charge in [0.2, 0.25) is 5.91 Å². The van der Waals surface area contributed by atoms with E-state index in [4.69, 9.17) is 9.84 Å². The fourth-order valence-corrected chi connectivity index (χ4v) is 2.02. The van der Waals surface area contributed by atoms with Crippen LogP contribution in [-0.4, -0.2) is 65.6 Å². The Hall–Kier alpha value is -2.48. The number of likely N-dealkylation sites (N-methyl/N-ethyl adjacent to an activating group) is 1. The van der Waals surface area contributed by atoms with E-state index in [1.807, 2.05) is 0 Å². The number of carbonyl (C=O) groups excluding carboxylic acids is 2. The topological polar surface area (TPSA) is 109 Å². The maximum atomic E-state index is 12.4. The van der Waals surface area contributed by atoms with Crippen molar-refractivity contribution in [3.8, 4) is 0 Å². The van der Waals surface area contributed by atoms with Crippen LogP contribution >= 0.6 is 0 Å². The van der Waals surface area contributed by atoms with Crippen LogP contribution in [0.2, 0.25) is 0 Å². The first-order valence-corrected chi connectivity index (χ1v) is 6.34. The molecule has 0 saturated carbocycles. The summed E-state index contributed by atoms with van der Waals surface area (Å²) in [5.74, 6) is -1.86. The molecular formula is C13H15N3O5. The van der Waals surface area contributed by atoms with E-state index in [0.29, 0.717) is 6.61 Å². The van der Waals surface area contributed by atoms with Crippen LogP contribution in [0.5, 0.6) is 0 Å². The third kappa shape index (κ3) is 3.16. The van der Waals surface area contributed by atoms with E-state index in [0.717, 1.165) is 6.20 Å². The lowest BCUT2D eigenvalue weighted by Crippen LogP contribution is -2.55. The molecule has 2 rings (SSSR count). The molecule has 1 unspecified atom stereocenters. The number of carboxylic acid groups (broad SMARTS) is 1. The number of pyridine rings is 1. The quantitative estimate of drug-likeness (QED) is 0.768. The van der Waals surface area contributed by atoms with Gasteiger partial charge in [-0.2, -0.15) is 0 Å². The number of morpholine rings is 1. The number of ether oxygens (including phenoxy) is 1. The highest BCUT2D eigenvalue weighted by Crippen LogP contribution is 2.12. The summed E-state index contributed by atoms with van der Waals surface area (Å²) in [6.45, 7) is 0.740. The third-order valence-corrected chi connectivity index (χ3v) is 3.17. The molecular weight excluding hydrogens is 278 g/mol. The maximum absolute atomic E-state index is 12.4. The molecule has 2 N–H and O–H groups in total. The highest BCUT2D eigenvalue weighted by atomic mass is 16.5. The van der Waals surface area contributed by atoms with Crippen LogP contribution in [0.3, 0.4) is 0 Å². The Labute approximate surface area is 120 Å². The number of hydrogen-bond acceptors (Lipinski definition) is 5. The number of rotatable bonds is 3. The van der Waals surface area contributed by atoms with Crippen LogP contribution < -0.4 is 5.32 Å². The Morgan fingerprint density at radius 3 is 2.76 bits per heavy atom. The predicted octanol–water partition coefficient (Wildman–Crippen LogP) is -0.633. The van der Waals surface area contributed by atoms with E-state index in [1.54, 1.807) is 0 Å². The standard InChI is InChI=1S/C13H15N3O5/c1-14-11(17)10-7-21-5-4-16(10)12(18)9-3-2-8(6-15-9)13(19)20/h2-3,6,10H,4-5,7H2,1H3,(H,14,17)(H,19,20). The van der Waals surface area contributed by atoms with Crippen molar-refractivity contribution in [2.24, 2.45) is 0 Å². The fraction of sp³-hybridized carbons (Fsp3) is 0.385. The minimum Gasteiger partial charge on any atom is -0.478 e. The Morgan fingerprint density at radius 1 is 1.43 bits per heavy atom. The van der Waals surface area contributed by atoms with E-state index in [-0.39, 0.29) is 30.3 Å². The lowest BCUT2D eigenvalue weighted by molar-refractivity contribution is -0.130. The third-order valence-electron chi connectivity index (χ3n) is 3.17. The van der Waals surface area contributed by atoms with Crippen LogP contribution in [0.1, 0.15) is 20.8 Å². The van der Waals surface area contributed by atoms with Gasteiger partial charge in [-0.25, -0.2) is 4.79 Å². The normalized spacial score (nSPS) is 18.1. The van der Waals surface area contributed by atoms with Crippen LogP contribution in [0.25, 0.3) is 0 Å². The zero-order valence-electron chi connectivity index (χ0n) is 11.4. The molecule has 1 aliphatic heterocycles. The molecule has 2 amide bonds. The molecule has 1 aromatic rings. The summed E-state index contributed by atoms with van der Waals surface area (Å²) in [4.78, 5) is 40.2. The van der Waals surface area contributed by atoms with Gasteiger partial charge in [0, 0.05) is 19.8 Å². The van der Waals surface area contributed by atoms with E-state index in [9.17, 15) is 14.4 Å². The molecule has 2 heterocycles. The summed E-state index contributed by atoms with van der Waals surface area (Å²) >= 11 is 0. The van der Waals surface area contributed by atoms with E-state index in [1.165, 1.54) is 24.1 Å². The molecule has 8 heteroatoms. The van der Waals surface area contributed by atoms with Crippen molar-refractivity contribution in [1.29, 1.82) is 0 Å². The monoisotopic (exact) mass is 293 g/mol. The molecule has 0 spiro atoms. The number of nitrogens with zero attached hydrogens (tertiary/aromatic N) is 2. The summed E-state index contributed by atoms with van der Waals surface area (Å²) in [7, 11) is 1.49. The van der Waals surface area contributed by atoms with Crippen molar-refractivity contribution >= 4 is 17.8 Å². The van der Waals surface area contributed by atoms with Gasteiger partial charge in [-0.15, -0.1) is 0 Å². The first kappa shape index (κ1) is 14.9. The minimum atomic E-state index is -1.11. The molecule has 0 radical (unpaired) electrons. The number of amides is 2. The molecule has 1 aliphatic rings. The van der Waals surface area contributed by atoms with Gasteiger partial charge in [-0.05, 0) is 12.1 Å². The van der Waals surface area contributed by atoms with E-state index >= 15 is 0 Å². The molecule has 112 valence electrons. The predicted molar refractivity (Wildman–Crippen MR) is 70.9 cm³/mol. The highest BCUT2D eigenvalue weighted by molar-refractivity contribution is 5.97. The summed E-state index contributed by atoms with van der Waals surface area (Å²) in [5, 5.41) is 11.3. The van der Waals surface area contributed by atoms with Crippen LogP contribution in [-0.2, 0) is 9.53 Å². The second kappa shape index (κ2) is 6.31. The van der Waals surface area contributed by atoms with Crippen molar-refractivity contribution in [2.75, 3.05) is 26.8 Å². The molecule has 0 aromatic carbocycles. The highest BCUT2D eigenvalue weighted by Gasteiger charge is 2.33. The van der Waals surface area contributed by atoms with Gasteiger partial charge in [0.15, 0.2) is 0 Å². The van der Waals surface area contributed by atoms with Crippen molar-refractivity contribution in [3.63, 3.8) is 0 Å². The first-order chi connectivity index (χ1) is 10.0. The van der Waals surface area contributed by atoms with Crippen LogP contribution in [0.15, 0.2) is 18.3 Å². The second-order valence-corrected chi connectivity index (χ2v) is 4.44. The molecule has 1 aromatic heterocycles. The number of nitrogens with one attached hydrogen (secondary N) is 1. The lowest BCUT2D eigenvalue weighted by Gasteiger charge is -2.34. The summed E-state index contributed by atoms with van der Waals surface area (Å²) in [5.41, 5.74) is 0.0900. The smallest absolute Gasteiger partial charge is 0.337 e. The van der Waals surface area contributed by atoms with Crippen LogP contribution in [0.4, 0.5) is 0 Å². The van der Waals surface area contributed by atoms with Gasteiger partial charge in [-0.3, -0.25) is 14.6 Å². The van der Waals surface area contributed by atoms with E-state index in [2.05, 4.69) is 10.3 Å². The first-order valence-electron chi connectivity index (χ1n) is 6.34. The number of hydrogen-bond donors (Lipinski definition) is 2. The number of aromatic carboxylic acids is 1. The average Bonchev–Trinajstić information content (AvgIpc) is 2.53. The Morgan fingerprint density at radius 2 is 2.19 bits per heavy atom. The Balaban J connectivity index is 2.20. The molecule has 0 aliphatic carbocycles. The van der Waals surface area contributed by atoms with Gasteiger partial charge in [-0.1, -0.05) is 0 Å². The second-order valence-electron chi connectivity index (χ2n) is 4.44. The van der Waals surface area contributed by atoms with Crippen molar-refractivity contribution in [1.82, 2.24) is 15.2 Å². The van der Waals surface area contributed by atoms with Crippen LogP contribution in [0, 0.1) is 0 Å². The number of carbonyl (C=O) groups is 3. The lowest BCUT2D eigenvalue weighted by atomic mass is 10.1. The van der Waals surface area contributed by atoms with Gasteiger partial charge in [0.05, 0.1) is 18.8 Å². The number of aromatic nitrogens is 1. The molecule has 21 heavy (non-hydrogen) atoms. The Bertz CT molecular complexity index is 557. The Kier molecular flexibility index (Phi) is 4.49. The number of carboxylic acids is 1. The molecule has 8 nitrogen and oxygen atoms in total. The SMILES string of the molecule is CNC(=O)C1COCCN1C(=O)c1ccc(C(=O)O)cn1. The average molecular weight is 293 g/mol. The molecule has 1 fully saturated rings.